The minimum atomic E-state index is -0.497. The molecule has 4 aromatic rings. The Hall–Kier alpha value is -3.60. The molecule has 1 saturated carbocycles. The summed E-state index contributed by atoms with van der Waals surface area (Å²) in [5.74, 6) is 1.06. The van der Waals surface area contributed by atoms with Crippen molar-refractivity contribution in [1.82, 2.24) is 20.2 Å². The van der Waals surface area contributed by atoms with E-state index < -0.39 is 5.82 Å². The molecular formula is C40H47F2N5O3. The first-order valence-corrected chi connectivity index (χ1v) is 18.6. The zero-order chi connectivity index (χ0) is 34.3. The first kappa shape index (κ1) is 32.3. The first-order chi connectivity index (χ1) is 24.2. The van der Waals surface area contributed by atoms with Crippen molar-refractivity contribution in [3.63, 3.8) is 0 Å². The van der Waals surface area contributed by atoms with E-state index in [1.807, 2.05) is 26.8 Å². The first-order valence-electron chi connectivity index (χ1n) is 18.6. The molecule has 0 spiro atoms. The van der Waals surface area contributed by atoms with Crippen LogP contribution in [0, 0.1) is 28.9 Å². The second-order valence-electron chi connectivity index (χ2n) is 16.1. The van der Waals surface area contributed by atoms with E-state index in [4.69, 9.17) is 19.4 Å². The van der Waals surface area contributed by atoms with Crippen LogP contribution in [0.25, 0.3) is 32.8 Å². The predicted octanol–water partition coefficient (Wildman–Crippen LogP) is 6.80. The number of piperazine rings is 1. The van der Waals surface area contributed by atoms with Crippen LogP contribution >= 0.6 is 0 Å². The lowest BCUT2D eigenvalue weighted by atomic mass is 9.86. The maximum atomic E-state index is 17.6. The molecule has 1 aromatic heterocycles. The van der Waals surface area contributed by atoms with E-state index in [9.17, 15) is 5.11 Å². The summed E-state index contributed by atoms with van der Waals surface area (Å²) in [6, 6.07) is 9.20. The van der Waals surface area contributed by atoms with E-state index in [1.165, 1.54) is 6.07 Å². The van der Waals surface area contributed by atoms with Gasteiger partial charge in [0.05, 0.1) is 19.8 Å². The van der Waals surface area contributed by atoms with Gasteiger partial charge in [0.1, 0.15) is 22.9 Å². The average molecular weight is 684 g/mol. The van der Waals surface area contributed by atoms with Gasteiger partial charge in [-0.1, -0.05) is 26.8 Å². The molecule has 8 nitrogen and oxygen atoms in total. The van der Waals surface area contributed by atoms with Crippen LogP contribution in [-0.2, 0) is 11.2 Å². The van der Waals surface area contributed by atoms with Gasteiger partial charge >= 0.3 is 6.01 Å². The topological polar surface area (TPSA) is 83.0 Å². The number of likely N-dealkylation sites (tertiary alicyclic amines) is 1. The maximum Gasteiger partial charge on any atom is 0.319 e. The molecule has 2 N–H and O–H groups in total. The van der Waals surface area contributed by atoms with Gasteiger partial charge in [-0.2, -0.15) is 9.97 Å². The van der Waals surface area contributed by atoms with Gasteiger partial charge in [0.15, 0.2) is 5.82 Å². The molecule has 9 rings (SSSR count). The molecule has 2 unspecified atom stereocenters. The number of hydrogen-bond donors (Lipinski definition) is 2. The van der Waals surface area contributed by atoms with Gasteiger partial charge < -0.3 is 29.7 Å². The molecule has 4 aliphatic heterocycles. The maximum absolute atomic E-state index is 17.6. The minimum absolute atomic E-state index is 0.00273. The van der Waals surface area contributed by atoms with Crippen LogP contribution in [0.15, 0.2) is 30.3 Å². The second-order valence-corrected chi connectivity index (χ2v) is 16.1. The highest BCUT2D eigenvalue weighted by Crippen LogP contribution is 2.48. The number of fused-ring (bicyclic) bond motifs is 5. The van der Waals surface area contributed by atoms with Gasteiger partial charge in [-0.15, -0.1) is 0 Å². The highest BCUT2D eigenvalue weighted by atomic mass is 19.1. The van der Waals surface area contributed by atoms with E-state index in [1.54, 1.807) is 18.2 Å². The molecule has 50 heavy (non-hydrogen) atoms. The number of hydrogen-bond acceptors (Lipinski definition) is 8. The summed E-state index contributed by atoms with van der Waals surface area (Å²) in [4.78, 5) is 14.7. The molecule has 0 radical (unpaired) electrons. The Balaban J connectivity index is 1.16. The number of phenolic OH excluding ortho intramolecular Hbond substituents is 1. The molecule has 3 aromatic carbocycles. The summed E-state index contributed by atoms with van der Waals surface area (Å²) in [6.45, 7) is 12.9. The Morgan fingerprint density at radius 3 is 2.44 bits per heavy atom. The summed E-state index contributed by atoms with van der Waals surface area (Å²) in [5, 5.41) is 16.5. The molecule has 264 valence electrons. The number of aromatic hydroxyl groups is 1. The molecule has 5 heterocycles. The van der Waals surface area contributed by atoms with Gasteiger partial charge in [-0.05, 0) is 89.8 Å². The van der Waals surface area contributed by atoms with Crippen LogP contribution in [0.1, 0.15) is 63.5 Å². The van der Waals surface area contributed by atoms with Crippen molar-refractivity contribution in [1.29, 1.82) is 0 Å². The van der Waals surface area contributed by atoms with Crippen molar-refractivity contribution in [2.45, 2.75) is 70.9 Å². The normalized spacial score (nSPS) is 25.7. The Morgan fingerprint density at radius 1 is 1.02 bits per heavy atom. The van der Waals surface area contributed by atoms with Gasteiger partial charge in [0.25, 0.3) is 0 Å². The zero-order valence-corrected chi connectivity index (χ0v) is 29.3. The summed E-state index contributed by atoms with van der Waals surface area (Å²) >= 11 is 0. The van der Waals surface area contributed by atoms with E-state index in [0.29, 0.717) is 75.6 Å². The third-order valence-corrected chi connectivity index (χ3v) is 12.2. The summed E-state index contributed by atoms with van der Waals surface area (Å²) in [5.41, 5.74) is 2.32. The molecule has 2 bridgehead atoms. The molecular weight excluding hydrogens is 636 g/mol. The Morgan fingerprint density at radius 2 is 1.76 bits per heavy atom. The number of halogens is 2. The van der Waals surface area contributed by atoms with Crippen molar-refractivity contribution >= 4 is 27.5 Å². The van der Waals surface area contributed by atoms with Crippen LogP contribution in [0.3, 0.4) is 0 Å². The van der Waals surface area contributed by atoms with E-state index >= 15 is 8.78 Å². The van der Waals surface area contributed by atoms with Gasteiger partial charge in [-0.3, -0.25) is 0 Å². The van der Waals surface area contributed by atoms with Gasteiger partial charge in [0, 0.05) is 73.0 Å². The van der Waals surface area contributed by atoms with E-state index in [2.05, 4.69) is 15.1 Å². The summed E-state index contributed by atoms with van der Waals surface area (Å²) in [7, 11) is 0. The Labute approximate surface area is 292 Å². The molecule has 5 fully saturated rings. The van der Waals surface area contributed by atoms with Crippen LogP contribution in [0.2, 0.25) is 0 Å². The van der Waals surface area contributed by atoms with Crippen molar-refractivity contribution in [3.8, 4) is 22.9 Å². The fourth-order valence-electron chi connectivity index (χ4n) is 9.39. The smallest absolute Gasteiger partial charge is 0.319 e. The fourth-order valence-corrected chi connectivity index (χ4v) is 9.39. The van der Waals surface area contributed by atoms with Crippen LogP contribution in [-0.4, -0.2) is 84.6 Å². The number of nitrogens with one attached hydrogen (secondary N) is 1. The van der Waals surface area contributed by atoms with Gasteiger partial charge in [-0.25, -0.2) is 8.78 Å². The monoisotopic (exact) mass is 683 g/mol. The number of benzene rings is 3. The lowest BCUT2D eigenvalue weighted by molar-refractivity contribution is 0.131. The number of anilines is 1. The second kappa shape index (κ2) is 12.3. The van der Waals surface area contributed by atoms with Crippen molar-refractivity contribution in [2.75, 3.05) is 57.4 Å². The molecule has 0 amide bonds. The highest BCUT2D eigenvalue weighted by Gasteiger charge is 2.48. The van der Waals surface area contributed by atoms with Crippen LogP contribution in [0.5, 0.6) is 11.8 Å². The number of nitrogens with zero attached hydrogens (tertiary/aromatic N) is 4. The lowest BCUT2D eigenvalue weighted by Crippen LogP contribution is -2.51. The molecule has 5 aliphatic rings. The third-order valence-electron chi connectivity index (χ3n) is 12.2. The largest absolute Gasteiger partial charge is 0.508 e. The Bertz CT molecular complexity index is 1960. The van der Waals surface area contributed by atoms with Gasteiger partial charge in [0.2, 0.25) is 0 Å². The summed E-state index contributed by atoms with van der Waals surface area (Å²) in [6.07, 6.45) is 4.83. The quantitative estimate of drug-likeness (QED) is 0.200. The Kier molecular flexibility index (Phi) is 7.93. The van der Waals surface area contributed by atoms with Crippen LogP contribution in [0.4, 0.5) is 14.6 Å². The average Bonchev–Trinajstić information content (AvgIpc) is 3.34. The van der Waals surface area contributed by atoms with Crippen LogP contribution < -0.4 is 15.0 Å². The number of aryl methyl sites for hydroxylation is 1. The number of ether oxygens (including phenoxy) is 2. The van der Waals surface area contributed by atoms with Crippen molar-refractivity contribution < 1.29 is 23.4 Å². The number of aromatic nitrogens is 2. The third kappa shape index (κ3) is 5.58. The summed E-state index contributed by atoms with van der Waals surface area (Å²) < 4.78 is 45.0. The molecule has 10 heteroatoms. The highest BCUT2D eigenvalue weighted by molar-refractivity contribution is 6.04. The predicted molar refractivity (Wildman–Crippen MR) is 191 cm³/mol. The number of rotatable bonds is 9. The number of phenols is 1. The molecule has 4 atom stereocenters. The molecule has 4 saturated heterocycles. The molecule has 1 aliphatic carbocycles. The van der Waals surface area contributed by atoms with E-state index in [-0.39, 0.29) is 34.4 Å². The van der Waals surface area contributed by atoms with Crippen molar-refractivity contribution in [2.24, 2.45) is 17.3 Å². The zero-order valence-electron chi connectivity index (χ0n) is 29.3. The minimum Gasteiger partial charge on any atom is -0.508 e. The van der Waals surface area contributed by atoms with E-state index in [0.717, 1.165) is 77.2 Å². The van der Waals surface area contributed by atoms with Crippen molar-refractivity contribution in [3.05, 3.63) is 53.1 Å². The SMILES string of the molecule is CCc1c(F)ccc2cc(O)cc(-c3c(C(C)C)cc4c(N5CC6CCC(C5)N6)nc(OCC5(CN6C[C@H]7COC[C@@H]7C6)CC5)nc4c3F)c12. The standard InChI is InChI=1S/C40H47F2N5O3/c1-4-29-33(41)8-5-23-11-28(48)12-31(34(23)29)35-30(22(2)3)13-32-37(36(35)42)44-39(45-38(32)47-16-26-6-7-27(17-47)43-26)50-21-40(9-10-40)20-46-14-24-18-49-19-25(24)15-46/h5,8,11-13,22,24-27,43,48H,4,6-7,9-10,14-21H2,1-3H3/t24-,25-,26?,27?/m0/s1. The fraction of sp³-hybridized carbons (Fsp3) is 0.550. The lowest BCUT2D eigenvalue weighted by Gasteiger charge is -2.34.